The molecule has 0 saturated carbocycles. The molecule has 0 aliphatic carbocycles. The maximum atomic E-state index is 12.5. The topological polar surface area (TPSA) is 84.0 Å². The summed E-state index contributed by atoms with van der Waals surface area (Å²) in [5.41, 5.74) is -0.691. The van der Waals surface area contributed by atoms with E-state index >= 15 is 0 Å². The summed E-state index contributed by atoms with van der Waals surface area (Å²) in [6.07, 6.45) is 3.58. The van der Waals surface area contributed by atoms with Gasteiger partial charge in [-0.25, -0.2) is 4.98 Å². The monoisotopic (exact) mass is 331 g/mol. The number of likely N-dealkylation sites (tertiary alicyclic amines) is 1. The molecular weight excluding hydrogens is 310 g/mol. The van der Waals surface area contributed by atoms with Crippen molar-refractivity contribution in [1.82, 2.24) is 14.3 Å². The van der Waals surface area contributed by atoms with Gasteiger partial charge in [-0.2, -0.15) is 0 Å². The molecule has 1 fully saturated rings. The molecule has 0 amide bonds. The molecule has 0 atom stereocenters. The Morgan fingerprint density at radius 1 is 1.38 bits per heavy atom. The van der Waals surface area contributed by atoms with E-state index in [2.05, 4.69) is 16.9 Å². The number of rotatable bonds is 4. The summed E-state index contributed by atoms with van der Waals surface area (Å²) in [5.74, 6) is 0.594. The molecule has 3 heterocycles. The second-order valence-electron chi connectivity index (χ2n) is 6.40. The van der Waals surface area contributed by atoms with E-state index in [1.54, 1.807) is 30.1 Å². The molecule has 8 heteroatoms. The molecular formula is C16H21N5O3. The number of nitrogens with zero attached hydrogens (tertiary/aromatic N) is 5. The lowest BCUT2D eigenvalue weighted by molar-refractivity contribution is -0.385. The van der Waals surface area contributed by atoms with E-state index in [1.165, 1.54) is 10.6 Å². The molecule has 1 aliphatic rings. The summed E-state index contributed by atoms with van der Waals surface area (Å²) in [4.78, 5) is 31.7. The van der Waals surface area contributed by atoms with Crippen LogP contribution in [0.4, 0.5) is 11.5 Å². The Hall–Kier alpha value is -2.48. The van der Waals surface area contributed by atoms with E-state index in [-0.39, 0.29) is 5.82 Å². The number of hydrogen-bond acceptors (Lipinski definition) is 6. The normalized spacial score (nSPS) is 16.4. The van der Waals surface area contributed by atoms with Crippen LogP contribution in [0, 0.1) is 16.0 Å². The highest BCUT2D eigenvalue weighted by Crippen LogP contribution is 2.25. The molecule has 3 rings (SSSR count). The van der Waals surface area contributed by atoms with E-state index in [9.17, 15) is 14.9 Å². The van der Waals surface area contributed by atoms with Crippen molar-refractivity contribution in [2.75, 3.05) is 38.6 Å². The van der Waals surface area contributed by atoms with Gasteiger partial charge in [0, 0.05) is 19.8 Å². The van der Waals surface area contributed by atoms with Crippen molar-refractivity contribution in [1.29, 1.82) is 0 Å². The Labute approximate surface area is 139 Å². The fourth-order valence-electron chi connectivity index (χ4n) is 3.21. The highest BCUT2D eigenvalue weighted by Gasteiger charge is 2.28. The minimum Gasteiger partial charge on any atom is -0.353 e. The van der Waals surface area contributed by atoms with E-state index in [0.29, 0.717) is 18.1 Å². The van der Waals surface area contributed by atoms with Crippen molar-refractivity contribution in [2.24, 2.45) is 5.92 Å². The van der Waals surface area contributed by atoms with Gasteiger partial charge in [0.2, 0.25) is 5.82 Å². The smallest absolute Gasteiger partial charge is 0.353 e. The van der Waals surface area contributed by atoms with E-state index in [4.69, 9.17) is 0 Å². The van der Waals surface area contributed by atoms with Crippen LogP contribution in [0.2, 0.25) is 0 Å². The molecule has 0 N–H and O–H groups in total. The molecule has 8 nitrogen and oxygen atoms in total. The zero-order valence-electron chi connectivity index (χ0n) is 13.9. The average molecular weight is 331 g/mol. The summed E-state index contributed by atoms with van der Waals surface area (Å²) < 4.78 is 1.21. The lowest BCUT2D eigenvalue weighted by atomic mass is 9.97. The first kappa shape index (κ1) is 16.4. The summed E-state index contributed by atoms with van der Waals surface area (Å²) in [6, 6.07) is 5.09. The second kappa shape index (κ2) is 6.56. The van der Waals surface area contributed by atoms with Crippen molar-refractivity contribution < 1.29 is 4.92 Å². The third kappa shape index (κ3) is 3.09. The van der Waals surface area contributed by atoms with E-state index < -0.39 is 16.2 Å². The Morgan fingerprint density at radius 3 is 2.75 bits per heavy atom. The first-order valence-corrected chi connectivity index (χ1v) is 8.03. The van der Waals surface area contributed by atoms with E-state index in [1.807, 2.05) is 0 Å². The van der Waals surface area contributed by atoms with Gasteiger partial charge in [0.05, 0.1) is 4.92 Å². The molecule has 128 valence electrons. The predicted molar refractivity (Wildman–Crippen MR) is 91.6 cm³/mol. The van der Waals surface area contributed by atoms with E-state index in [0.717, 1.165) is 25.9 Å². The lowest BCUT2D eigenvalue weighted by Crippen LogP contribution is -2.36. The number of fused-ring (bicyclic) bond motifs is 1. The van der Waals surface area contributed by atoms with Crippen LogP contribution in [0.25, 0.3) is 5.65 Å². The number of aromatic nitrogens is 2. The van der Waals surface area contributed by atoms with Crippen LogP contribution in [0.15, 0.2) is 29.2 Å². The Balaban J connectivity index is 1.96. The van der Waals surface area contributed by atoms with Gasteiger partial charge in [-0.05, 0) is 51.0 Å². The summed E-state index contributed by atoms with van der Waals surface area (Å²) in [5, 5.41) is 11.4. The van der Waals surface area contributed by atoms with Crippen LogP contribution in [0.5, 0.6) is 0 Å². The van der Waals surface area contributed by atoms with Crippen LogP contribution in [0.1, 0.15) is 12.8 Å². The van der Waals surface area contributed by atoms with Gasteiger partial charge >= 0.3 is 11.2 Å². The largest absolute Gasteiger partial charge is 0.376 e. The van der Waals surface area contributed by atoms with Crippen LogP contribution >= 0.6 is 0 Å². The SMILES string of the molecule is CN1CCC(CN(C)c2nc3ccccn3c(=O)c2[N+](=O)[O-])CC1. The van der Waals surface area contributed by atoms with Crippen molar-refractivity contribution >= 4 is 17.2 Å². The fourth-order valence-corrected chi connectivity index (χ4v) is 3.21. The standard InChI is InChI=1S/C16H21N5O3/c1-18-9-6-12(7-10-18)11-19(2)15-14(21(23)24)16(22)20-8-4-3-5-13(20)17-15/h3-5,8,12H,6-7,9-11H2,1-2H3. The van der Waals surface area contributed by atoms with Crippen LogP contribution in [-0.4, -0.2) is 52.9 Å². The highest BCUT2D eigenvalue weighted by molar-refractivity contribution is 5.61. The van der Waals surface area contributed by atoms with Gasteiger partial charge in [0.25, 0.3) is 0 Å². The minimum absolute atomic E-state index is 0.148. The van der Waals surface area contributed by atoms with Crippen molar-refractivity contribution in [3.8, 4) is 0 Å². The van der Waals surface area contributed by atoms with Gasteiger partial charge in [-0.3, -0.25) is 19.3 Å². The Bertz CT molecular complexity index is 811. The number of hydrogen-bond donors (Lipinski definition) is 0. The summed E-state index contributed by atoms with van der Waals surface area (Å²) >= 11 is 0. The molecule has 0 bridgehead atoms. The Kier molecular flexibility index (Phi) is 4.48. The number of anilines is 1. The first-order chi connectivity index (χ1) is 11.5. The zero-order chi connectivity index (χ0) is 17.3. The molecule has 0 radical (unpaired) electrons. The quantitative estimate of drug-likeness (QED) is 0.622. The van der Waals surface area contributed by atoms with Gasteiger partial charge in [-0.15, -0.1) is 0 Å². The van der Waals surface area contributed by atoms with Gasteiger partial charge in [-0.1, -0.05) is 6.07 Å². The summed E-state index contributed by atoms with van der Waals surface area (Å²) in [6.45, 7) is 2.70. The number of nitro groups is 1. The number of piperidine rings is 1. The van der Waals surface area contributed by atoms with Crippen LogP contribution < -0.4 is 10.5 Å². The van der Waals surface area contributed by atoms with Crippen LogP contribution in [0.3, 0.4) is 0 Å². The fraction of sp³-hybridized carbons (Fsp3) is 0.500. The third-order valence-electron chi connectivity index (χ3n) is 4.61. The van der Waals surface area contributed by atoms with Crippen molar-refractivity contribution in [2.45, 2.75) is 12.8 Å². The first-order valence-electron chi connectivity index (χ1n) is 8.03. The van der Waals surface area contributed by atoms with Gasteiger partial charge < -0.3 is 9.80 Å². The van der Waals surface area contributed by atoms with Gasteiger partial charge in [0.15, 0.2) is 0 Å². The van der Waals surface area contributed by atoms with Crippen molar-refractivity contribution in [3.05, 3.63) is 44.9 Å². The van der Waals surface area contributed by atoms with Crippen molar-refractivity contribution in [3.63, 3.8) is 0 Å². The molecule has 0 spiro atoms. The molecule has 24 heavy (non-hydrogen) atoms. The third-order valence-corrected chi connectivity index (χ3v) is 4.61. The zero-order valence-corrected chi connectivity index (χ0v) is 13.9. The molecule has 2 aromatic heterocycles. The molecule has 1 aliphatic heterocycles. The lowest BCUT2D eigenvalue weighted by Gasteiger charge is -2.31. The summed E-state index contributed by atoms with van der Waals surface area (Å²) in [7, 11) is 3.86. The second-order valence-corrected chi connectivity index (χ2v) is 6.40. The predicted octanol–water partition coefficient (Wildman–Crippen LogP) is 1.38. The maximum Gasteiger partial charge on any atom is 0.376 e. The minimum atomic E-state index is -0.643. The molecule has 0 unspecified atom stereocenters. The molecule has 0 aromatic carbocycles. The highest BCUT2D eigenvalue weighted by atomic mass is 16.6. The van der Waals surface area contributed by atoms with Gasteiger partial charge in [0.1, 0.15) is 5.65 Å². The average Bonchev–Trinajstić information content (AvgIpc) is 2.56. The Morgan fingerprint density at radius 2 is 2.08 bits per heavy atom. The molecule has 1 saturated heterocycles. The molecule has 2 aromatic rings. The maximum absolute atomic E-state index is 12.5. The number of pyridine rings is 1. The van der Waals surface area contributed by atoms with Crippen LogP contribution in [-0.2, 0) is 0 Å².